The molecule has 0 aliphatic rings. The minimum atomic E-state index is 0.555. The van der Waals surface area contributed by atoms with Gasteiger partial charge in [-0.3, -0.25) is 4.98 Å². The molecule has 5 heteroatoms. The molecular formula is C16H15BrN2OS. The van der Waals surface area contributed by atoms with Crippen molar-refractivity contribution >= 4 is 37.4 Å². The molecule has 0 amide bonds. The molecule has 0 aliphatic carbocycles. The van der Waals surface area contributed by atoms with Gasteiger partial charge in [0.1, 0.15) is 12.4 Å². The highest BCUT2D eigenvalue weighted by molar-refractivity contribution is 9.10. The first-order valence-corrected chi connectivity index (χ1v) is 8.26. The number of rotatable bonds is 5. The van der Waals surface area contributed by atoms with E-state index in [1.54, 1.807) is 12.4 Å². The SMILES string of the molecule is CNCc1sc2ccccc2c1COc1cncc(Br)c1. The fourth-order valence-electron chi connectivity index (χ4n) is 2.24. The molecule has 0 fully saturated rings. The molecule has 3 nitrogen and oxygen atoms in total. The van der Waals surface area contributed by atoms with Crippen molar-refractivity contribution < 1.29 is 4.74 Å². The Morgan fingerprint density at radius 2 is 2.14 bits per heavy atom. The molecule has 0 radical (unpaired) electrons. The zero-order valence-electron chi connectivity index (χ0n) is 11.6. The van der Waals surface area contributed by atoms with Crippen LogP contribution in [0.15, 0.2) is 47.2 Å². The number of aromatic nitrogens is 1. The average molecular weight is 363 g/mol. The van der Waals surface area contributed by atoms with Crippen LogP contribution in [0, 0.1) is 0 Å². The number of nitrogens with one attached hydrogen (secondary N) is 1. The van der Waals surface area contributed by atoms with Crippen molar-refractivity contribution in [2.24, 2.45) is 0 Å². The summed E-state index contributed by atoms with van der Waals surface area (Å²) < 4.78 is 8.13. The van der Waals surface area contributed by atoms with E-state index in [1.165, 1.54) is 20.5 Å². The third kappa shape index (κ3) is 3.26. The second-order valence-electron chi connectivity index (χ2n) is 4.66. The maximum atomic E-state index is 5.91. The summed E-state index contributed by atoms with van der Waals surface area (Å²) in [6, 6.07) is 10.4. The molecular weight excluding hydrogens is 348 g/mol. The Hall–Kier alpha value is -1.43. The fourth-order valence-corrected chi connectivity index (χ4v) is 3.80. The number of thiophene rings is 1. The van der Waals surface area contributed by atoms with Crippen molar-refractivity contribution in [2.75, 3.05) is 7.05 Å². The van der Waals surface area contributed by atoms with Crippen LogP contribution in [0.1, 0.15) is 10.4 Å². The van der Waals surface area contributed by atoms with Crippen LogP contribution in [0.4, 0.5) is 0 Å². The molecule has 0 bridgehead atoms. The van der Waals surface area contributed by atoms with E-state index < -0.39 is 0 Å². The fraction of sp³-hybridized carbons (Fsp3) is 0.188. The molecule has 21 heavy (non-hydrogen) atoms. The highest BCUT2D eigenvalue weighted by Crippen LogP contribution is 2.32. The van der Waals surface area contributed by atoms with E-state index in [2.05, 4.69) is 50.5 Å². The van der Waals surface area contributed by atoms with Gasteiger partial charge in [-0.1, -0.05) is 18.2 Å². The zero-order valence-corrected chi connectivity index (χ0v) is 14.0. The van der Waals surface area contributed by atoms with E-state index >= 15 is 0 Å². The lowest BCUT2D eigenvalue weighted by atomic mass is 10.1. The Morgan fingerprint density at radius 3 is 2.95 bits per heavy atom. The van der Waals surface area contributed by atoms with Crippen molar-refractivity contribution in [3.63, 3.8) is 0 Å². The van der Waals surface area contributed by atoms with Gasteiger partial charge >= 0.3 is 0 Å². The molecule has 0 aliphatic heterocycles. The van der Waals surface area contributed by atoms with Gasteiger partial charge in [0.05, 0.1) is 6.20 Å². The van der Waals surface area contributed by atoms with E-state index in [9.17, 15) is 0 Å². The number of ether oxygens (including phenoxy) is 1. The molecule has 0 spiro atoms. The molecule has 1 aromatic carbocycles. The van der Waals surface area contributed by atoms with E-state index in [1.807, 2.05) is 24.5 Å². The van der Waals surface area contributed by atoms with Gasteiger partial charge in [-0.15, -0.1) is 11.3 Å². The van der Waals surface area contributed by atoms with Gasteiger partial charge in [0.2, 0.25) is 0 Å². The summed E-state index contributed by atoms with van der Waals surface area (Å²) in [5.41, 5.74) is 1.25. The number of nitrogens with zero attached hydrogens (tertiary/aromatic N) is 1. The van der Waals surface area contributed by atoms with Crippen LogP contribution in [0.2, 0.25) is 0 Å². The number of pyridine rings is 1. The predicted molar refractivity (Wildman–Crippen MR) is 90.9 cm³/mol. The first-order chi connectivity index (χ1) is 10.3. The topological polar surface area (TPSA) is 34.1 Å². The Bertz CT molecular complexity index is 757. The third-order valence-electron chi connectivity index (χ3n) is 3.18. The summed E-state index contributed by atoms with van der Waals surface area (Å²) >= 11 is 5.23. The van der Waals surface area contributed by atoms with Gasteiger partial charge in [0.15, 0.2) is 0 Å². The first kappa shape index (κ1) is 14.5. The summed E-state index contributed by atoms with van der Waals surface area (Å²) in [6.45, 7) is 1.41. The van der Waals surface area contributed by atoms with Crippen LogP contribution in [-0.2, 0) is 13.2 Å². The maximum absolute atomic E-state index is 5.91. The lowest BCUT2D eigenvalue weighted by Gasteiger charge is -2.08. The minimum Gasteiger partial charge on any atom is -0.487 e. The second-order valence-corrected chi connectivity index (χ2v) is 6.71. The van der Waals surface area contributed by atoms with Crippen molar-refractivity contribution in [2.45, 2.75) is 13.2 Å². The van der Waals surface area contributed by atoms with Crippen LogP contribution < -0.4 is 10.1 Å². The molecule has 0 saturated carbocycles. The Morgan fingerprint density at radius 1 is 1.29 bits per heavy atom. The normalized spacial score (nSPS) is 11.0. The maximum Gasteiger partial charge on any atom is 0.139 e. The molecule has 108 valence electrons. The second kappa shape index (κ2) is 6.56. The van der Waals surface area contributed by atoms with Gasteiger partial charge in [0.25, 0.3) is 0 Å². The van der Waals surface area contributed by atoms with E-state index in [0.717, 1.165) is 16.8 Å². The lowest BCUT2D eigenvalue weighted by Crippen LogP contribution is -2.07. The molecule has 3 rings (SSSR count). The highest BCUT2D eigenvalue weighted by atomic mass is 79.9. The number of hydrogen-bond donors (Lipinski definition) is 1. The van der Waals surface area contributed by atoms with Gasteiger partial charge in [-0.05, 0) is 40.5 Å². The Kier molecular flexibility index (Phi) is 4.53. The summed E-state index contributed by atoms with van der Waals surface area (Å²) in [5, 5.41) is 4.50. The van der Waals surface area contributed by atoms with Crippen LogP contribution in [-0.4, -0.2) is 12.0 Å². The van der Waals surface area contributed by atoms with Crippen molar-refractivity contribution in [1.29, 1.82) is 0 Å². The number of halogens is 1. The van der Waals surface area contributed by atoms with Crippen LogP contribution >= 0.6 is 27.3 Å². The number of benzene rings is 1. The summed E-state index contributed by atoms with van der Waals surface area (Å²) in [5.74, 6) is 0.773. The van der Waals surface area contributed by atoms with Crippen molar-refractivity contribution in [3.05, 3.63) is 57.6 Å². The summed E-state index contributed by atoms with van der Waals surface area (Å²) in [4.78, 5) is 5.44. The van der Waals surface area contributed by atoms with Crippen LogP contribution in [0.3, 0.4) is 0 Å². The largest absolute Gasteiger partial charge is 0.487 e. The van der Waals surface area contributed by atoms with Crippen molar-refractivity contribution in [1.82, 2.24) is 10.3 Å². The van der Waals surface area contributed by atoms with E-state index in [0.29, 0.717) is 6.61 Å². The third-order valence-corrected chi connectivity index (χ3v) is 4.83. The monoisotopic (exact) mass is 362 g/mol. The molecule has 0 atom stereocenters. The Balaban J connectivity index is 1.89. The standard InChI is InChI=1S/C16H15BrN2OS/c1-18-9-16-14(13-4-2-3-5-15(13)21-16)10-20-12-6-11(17)7-19-8-12/h2-8,18H,9-10H2,1H3. The molecule has 2 aromatic heterocycles. The highest BCUT2D eigenvalue weighted by Gasteiger charge is 2.12. The molecule has 1 N–H and O–H groups in total. The zero-order chi connectivity index (χ0) is 14.7. The van der Waals surface area contributed by atoms with E-state index in [-0.39, 0.29) is 0 Å². The molecule has 3 aromatic rings. The predicted octanol–water partition coefficient (Wildman–Crippen LogP) is 4.36. The number of hydrogen-bond acceptors (Lipinski definition) is 4. The van der Waals surface area contributed by atoms with Gasteiger partial charge in [-0.25, -0.2) is 0 Å². The first-order valence-electron chi connectivity index (χ1n) is 6.65. The van der Waals surface area contributed by atoms with Crippen LogP contribution in [0.25, 0.3) is 10.1 Å². The van der Waals surface area contributed by atoms with Gasteiger partial charge in [0, 0.05) is 32.4 Å². The average Bonchev–Trinajstić information content (AvgIpc) is 2.83. The smallest absolute Gasteiger partial charge is 0.139 e. The quantitative estimate of drug-likeness (QED) is 0.732. The molecule has 0 saturated heterocycles. The molecule has 0 unspecified atom stereocenters. The van der Waals surface area contributed by atoms with Crippen molar-refractivity contribution in [3.8, 4) is 5.75 Å². The summed E-state index contributed by atoms with van der Waals surface area (Å²) in [7, 11) is 1.97. The van der Waals surface area contributed by atoms with Crippen LogP contribution in [0.5, 0.6) is 5.75 Å². The summed E-state index contributed by atoms with van der Waals surface area (Å²) in [6.07, 6.45) is 3.48. The molecule has 2 heterocycles. The van der Waals surface area contributed by atoms with Gasteiger partial charge < -0.3 is 10.1 Å². The van der Waals surface area contributed by atoms with Gasteiger partial charge in [-0.2, -0.15) is 0 Å². The Labute approximate surface area is 136 Å². The van der Waals surface area contributed by atoms with E-state index in [4.69, 9.17) is 4.74 Å². The lowest BCUT2D eigenvalue weighted by molar-refractivity contribution is 0.305. The number of fused-ring (bicyclic) bond motifs is 1. The minimum absolute atomic E-state index is 0.555.